The first-order valence-corrected chi connectivity index (χ1v) is 6.73. The standard InChI is InChI=1S/2Gd.3H3O4P/c;;3*1-5(2,3)4/h;;3*(H3,1,2,3,4)/q2*+3;;;/p-6. The zero-order valence-corrected chi connectivity index (χ0v) is 14.3. The molecule has 0 amide bonds. The van der Waals surface area contributed by atoms with Crippen molar-refractivity contribution in [1.82, 2.24) is 0 Å². The van der Waals surface area contributed by atoms with E-state index < -0.39 is 23.5 Å². The van der Waals surface area contributed by atoms with Crippen LogP contribution in [0.15, 0.2) is 0 Å². The van der Waals surface area contributed by atoms with E-state index in [0.717, 1.165) is 0 Å². The molecular weight excluding hydrogens is 599 g/mol. The molecule has 17 heteroatoms. The van der Waals surface area contributed by atoms with Crippen LogP contribution < -0.4 is 29.4 Å². The van der Waals surface area contributed by atoms with Gasteiger partial charge < -0.3 is 57.7 Å². The van der Waals surface area contributed by atoms with E-state index in [-0.39, 0.29) is 79.9 Å². The van der Waals surface area contributed by atoms with Crippen LogP contribution in [-0.2, 0) is 13.7 Å². The molecule has 17 heavy (non-hydrogen) atoms. The summed E-state index contributed by atoms with van der Waals surface area (Å²) in [5, 5.41) is 0. The average Bonchev–Trinajstić information content (AvgIpc) is 1.41. The molecule has 2 radical (unpaired) electrons. The second kappa shape index (κ2) is 13.9. The molecule has 0 atom stereocenters. The molecule has 0 aromatic rings. The van der Waals surface area contributed by atoms with Gasteiger partial charge >= 0.3 is 79.9 Å². The average molecular weight is 602 g/mol. The van der Waals surface area contributed by atoms with E-state index in [1.165, 1.54) is 0 Å². The van der Waals surface area contributed by atoms with Gasteiger partial charge in [0.05, 0.1) is 23.5 Å². The summed E-state index contributed by atoms with van der Waals surface area (Å²) in [5.74, 6) is 0. The van der Waals surface area contributed by atoms with Gasteiger partial charge in [-0.15, -0.1) is 0 Å². The van der Waals surface area contributed by atoms with Gasteiger partial charge in [-0.3, -0.25) is 0 Å². The molecule has 3 N–H and O–H groups in total. The summed E-state index contributed by atoms with van der Waals surface area (Å²) in [7, 11) is -15.4. The Morgan fingerprint density at radius 1 is 0.529 bits per heavy atom. The maximum atomic E-state index is 8.66. The summed E-state index contributed by atoms with van der Waals surface area (Å²) in [4.78, 5) is 72.9. The Kier molecular flexibility index (Phi) is 26.3. The number of hydrogen-bond donors (Lipinski definition) is 3. The summed E-state index contributed by atoms with van der Waals surface area (Å²) < 4.78 is 26.0. The third-order valence-electron chi connectivity index (χ3n) is 0. The summed E-state index contributed by atoms with van der Waals surface area (Å²) in [6.45, 7) is 0. The zero-order valence-electron chi connectivity index (χ0n) is 7.06. The molecule has 0 aliphatic heterocycles. The Hall–Kier alpha value is 2.98. The topological polar surface area (TPSA) is 250 Å². The van der Waals surface area contributed by atoms with Gasteiger partial charge in [-0.2, -0.15) is 0 Å². The number of phosphoric acid groups is 3. The predicted molar refractivity (Wildman–Crippen MR) is 29.5 cm³/mol. The van der Waals surface area contributed by atoms with E-state index in [1.807, 2.05) is 0 Å². The van der Waals surface area contributed by atoms with Crippen molar-refractivity contribution in [1.29, 1.82) is 0 Å². The van der Waals surface area contributed by atoms with Crippen LogP contribution in [0.3, 0.4) is 0 Å². The van der Waals surface area contributed by atoms with Crippen molar-refractivity contribution in [3.05, 3.63) is 0 Å². The van der Waals surface area contributed by atoms with E-state index >= 15 is 0 Å². The van der Waals surface area contributed by atoms with Gasteiger partial charge in [-0.25, -0.2) is 0 Å². The Morgan fingerprint density at radius 2 is 0.529 bits per heavy atom. The molecule has 0 spiro atoms. The Bertz CT molecular complexity index is 206. The molecular formula is H3Gd2O12P3. The smallest absolute Gasteiger partial charge is 0.790 e. The molecule has 0 aromatic heterocycles. The predicted octanol–water partition coefficient (Wildman–Crippen LogP) is -6.58. The molecule has 106 valence electrons. The molecule has 0 saturated heterocycles. The molecule has 0 fully saturated rings. The molecule has 12 nitrogen and oxygen atoms in total. The largest absolute Gasteiger partial charge is 3.00 e. The van der Waals surface area contributed by atoms with Gasteiger partial charge in [0.1, 0.15) is 0 Å². The maximum absolute atomic E-state index is 8.66. The molecule has 0 bridgehead atoms. The van der Waals surface area contributed by atoms with Gasteiger partial charge in [0.25, 0.3) is 0 Å². The quantitative estimate of drug-likeness (QED) is 0.219. The molecule has 0 saturated carbocycles. The Morgan fingerprint density at radius 3 is 0.529 bits per heavy atom. The van der Waals surface area contributed by atoms with E-state index in [2.05, 4.69) is 0 Å². The van der Waals surface area contributed by atoms with E-state index in [4.69, 9.17) is 57.7 Å². The van der Waals surface area contributed by atoms with Crippen molar-refractivity contribution >= 4 is 23.5 Å². The van der Waals surface area contributed by atoms with Gasteiger partial charge in [-0.05, 0) is 0 Å². The van der Waals surface area contributed by atoms with Crippen molar-refractivity contribution in [3.63, 3.8) is 0 Å². The third kappa shape index (κ3) is 616. The SMILES string of the molecule is O=P([O-])([O-])O.O=P([O-])([O-])O.O=P([O-])([O-])O.[Gd+3].[Gd+3]. The minimum Gasteiger partial charge on any atom is -0.790 e. The van der Waals surface area contributed by atoms with Gasteiger partial charge in [0, 0.05) is 0 Å². The minimum atomic E-state index is -5.14. The van der Waals surface area contributed by atoms with E-state index in [1.54, 1.807) is 0 Å². The van der Waals surface area contributed by atoms with Crippen molar-refractivity contribution in [2.24, 2.45) is 0 Å². The fraction of sp³-hybridized carbons (Fsp3) is 0. The fourth-order valence-corrected chi connectivity index (χ4v) is 0. The molecule has 0 rings (SSSR count). The molecule has 0 heterocycles. The molecule has 0 unspecified atom stereocenters. The van der Waals surface area contributed by atoms with Crippen LogP contribution >= 0.6 is 23.5 Å². The van der Waals surface area contributed by atoms with Crippen LogP contribution in [0.5, 0.6) is 0 Å². The van der Waals surface area contributed by atoms with Crippen molar-refractivity contribution in [3.8, 4) is 0 Å². The number of hydrogen-bond acceptors (Lipinski definition) is 9. The summed E-state index contributed by atoms with van der Waals surface area (Å²) in [6.07, 6.45) is 0. The normalized spacial score (nSPS) is 10.4. The van der Waals surface area contributed by atoms with Gasteiger partial charge in [0.2, 0.25) is 0 Å². The first-order chi connectivity index (χ1) is 6.00. The Labute approximate surface area is 159 Å². The zero-order chi connectivity index (χ0) is 13.5. The van der Waals surface area contributed by atoms with Crippen molar-refractivity contribution in [2.75, 3.05) is 0 Å². The first kappa shape index (κ1) is 32.1. The van der Waals surface area contributed by atoms with Crippen LogP contribution in [0.1, 0.15) is 0 Å². The molecule has 0 aliphatic rings. The first-order valence-electron chi connectivity index (χ1n) is 2.24. The summed E-state index contributed by atoms with van der Waals surface area (Å²) in [6, 6.07) is 0. The Balaban J connectivity index is -0.0000000400. The molecule has 0 aromatic carbocycles. The van der Waals surface area contributed by atoms with Crippen molar-refractivity contribution in [2.45, 2.75) is 0 Å². The van der Waals surface area contributed by atoms with Gasteiger partial charge in [-0.1, -0.05) is 0 Å². The fourth-order valence-electron chi connectivity index (χ4n) is 0. The van der Waals surface area contributed by atoms with Crippen LogP contribution in [0.4, 0.5) is 0 Å². The van der Waals surface area contributed by atoms with Crippen LogP contribution in [-0.4, -0.2) is 14.7 Å². The van der Waals surface area contributed by atoms with E-state index in [0.29, 0.717) is 0 Å². The minimum absolute atomic E-state index is 0. The van der Waals surface area contributed by atoms with Crippen molar-refractivity contribution < 1.29 is 138 Å². The summed E-state index contributed by atoms with van der Waals surface area (Å²) in [5.41, 5.74) is 0. The van der Waals surface area contributed by atoms with Crippen LogP contribution in [0.2, 0.25) is 0 Å². The van der Waals surface area contributed by atoms with Crippen LogP contribution in [0, 0.1) is 79.9 Å². The maximum Gasteiger partial charge on any atom is 3.00 e. The second-order valence-corrected chi connectivity index (χ2v) is 4.22. The third-order valence-corrected chi connectivity index (χ3v) is 0. The van der Waals surface area contributed by atoms with Gasteiger partial charge in [0.15, 0.2) is 0 Å². The second-order valence-electron chi connectivity index (χ2n) is 1.41. The van der Waals surface area contributed by atoms with E-state index in [9.17, 15) is 0 Å². The summed E-state index contributed by atoms with van der Waals surface area (Å²) >= 11 is 0. The monoisotopic (exact) mass is 604 g/mol. The molecule has 0 aliphatic carbocycles. The van der Waals surface area contributed by atoms with Crippen LogP contribution in [0.25, 0.3) is 0 Å². The number of rotatable bonds is 0.